The first-order valence-electron chi connectivity index (χ1n) is 7.64. The molecule has 2 N–H and O–H groups in total. The molecular formula is C16H11ClFN5O3S2. The Bertz CT molecular complexity index is 1030. The van der Waals surface area contributed by atoms with E-state index in [9.17, 15) is 19.3 Å². The number of halogens is 2. The summed E-state index contributed by atoms with van der Waals surface area (Å²) in [4.78, 5) is 22.3. The number of hydrogen-bond donors (Lipinski definition) is 2. The lowest BCUT2D eigenvalue weighted by molar-refractivity contribution is -0.384. The van der Waals surface area contributed by atoms with Gasteiger partial charge in [0.25, 0.3) is 5.69 Å². The first-order valence-corrected chi connectivity index (χ1v) is 9.82. The molecule has 2 aromatic carbocycles. The molecule has 0 fully saturated rings. The lowest BCUT2D eigenvalue weighted by Gasteiger charge is -2.04. The molecule has 0 bridgehead atoms. The maximum absolute atomic E-state index is 13.6. The summed E-state index contributed by atoms with van der Waals surface area (Å²) in [7, 11) is 0. The molecule has 28 heavy (non-hydrogen) atoms. The molecule has 3 aromatic rings. The van der Waals surface area contributed by atoms with Crippen molar-refractivity contribution in [3.63, 3.8) is 0 Å². The van der Waals surface area contributed by atoms with Crippen molar-refractivity contribution in [2.75, 3.05) is 16.4 Å². The van der Waals surface area contributed by atoms with E-state index in [4.69, 9.17) is 11.6 Å². The summed E-state index contributed by atoms with van der Waals surface area (Å²) in [5.41, 5.74) is 0.248. The molecule has 1 aromatic heterocycles. The molecule has 0 saturated heterocycles. The Balaban J connectivity index is 1.55. The van der Waals surface area contributed by atoms with Gasteiger partial charge in [-0.2, -0.15) is 0 Å². The van der Waals surface area contributed by atoms with Crippen LogP contribution in [0.15, 0.2) is 46.8 Å². The number of rotatable bonds is 7. The van der Waals surface area contributed by atoms with Crippen LogP contribution >= 0.6 is 34.7 Å². The number of nitrogens with zero attached hydrogens (tertiary/aromatic N) is 3. The van der Waals surface area contributed by atoms with Crippen LogP contribution in [0.2, 0.25) is 5.02 Å². The van der Waals surface area contributed by atoms with Crippen molar-refractivity contribution in [2.45, 2.75) is 4.34 Å². The van der Waals surface area contributed by atoms with Gasteiger partial charge in [0.15, 0.2) is 4.34 Å². The van der Waals surface area contributed by atoms with E-state index >= 15 is 0 Å². The molecule has 12 heteroatoms. The van der Waals surface area contributed by atoms with Gasteiger partial charge in [-0.25, -0.2) is 4.39 Å². The molecule has 144 valence electrons. The quantitative estimate of drug-likeness (QED) is 0.311. The van der Waals surface area contributed by atoms with Crippen molar-refractivity contribution in [3.8, 4) is 0 Å². The van der Waals surface area contributed by atoms with Crippen LogP contribution in [0.25, 0.3) is 0 Å². The molecule has 1 heterocycles. The van der Waals surface area contributed by atoms with Gasteiger partial charge in [-0.3, -0.25) is 14.9 Å². The van der Waals surface area contributed by atoms with Gasteiger partial charge < -0.3 is 10.6 Å². The average Bonchev–Trinajstić information content (AvgIpc) is 3.11. The Morgan fingerprint density at radius 1 is 1.29 bits per heavy atom. The molecule has 8 nitrogen and oxygen atoms in total. The van der Waals surface area contributed by atoms with Gasteiger partial charge in [0, 0.05) is 11.8 Å². The van der Waals surface area contributed by atoms with E-state index < -0.39 is 10.7 Å². The SMILES string of the molecule is O=C(CSc1nnc(Nc2ccccc2F)s1)Nc1ccc(Cl)c([N+](=O)[O-])c1. The van der Waals surface area contributed by atoms with Crippen LogP contribution in [-0.4, -0.2) is 26.8 Å². The molecule has 0 aliphatic carbocycles. The summed E-state index contributed by atoms with van der Waals surface area (Å²) in [6.07, 6.45) is 0. The predicted octanol–water partition coefficient (Wildman–Crippen LogP) is 4.71. The van der Waals surface area contributed by atoms with E-state index in [2.05, 4.69) is 20.8 Å². The van der Waals surface area contributed by atoms with E-state index in [0.717, 1.165) is 11.8 Å². The zero-order chi connectivity index (χ0) is 20.1. The Kier molecular flexibility index (Phi) is 6.39. The maximum atomic E-state index is 13.6. The first-order chi connectivity index (χ1) is 13.4. The summed E-state index contributed by atoms with van der Waals surface area (Å²) < 4.78 is 14.1. The predicted molar refractivity (Wildman–Crippen MR) is 107 cm³/mol. The molecule has 0 aliphatic heterocycles. The van der Waals surface area contributed by atoms with E-state index in [1.54, 1.807) is 18.2 Å². The summed E-state index contributed by atoms with van der Waals surface area (Å²) in [5, 5.41) is 24.5. The van der Waals surface area contributed by atoms with E-state index in [1.165, 1.54) is 35.6 Å². The summed E-state index contributed by atoms with van der Waals surface area (Å²) in [5.74, 6) is -0.770. The van der Waals surface area contributed by atoms with Crippen LogP contribution < -0.4 is 10.6 Å². The molecule has 3 rings (SSSR count). The monoisotopic (exact) mass is 439 g/mol. The molecule has 0 saturated carbocycles. The van der Waals surface area contributed by atoms with Crippen LogP contribution in [0.5, 0.6) is 0 Å². The third-order valence-corrected chi connectivity index (χ3v) is 5.57. The van der Waals surface area contributed by atoms with Crippen molar-refractivity contribution in [2.24, 2.45) is 0 Å². The summed E-state index contributed by atoms with van der Waals surface area (Å²) >= 11 is 8.04. The Morgan fingerprint density at radius 2 is 2.07 bits per heavy atom. The first kappa shape index (κ1) is 20.0. The lowest BCUT2D eigenvalue weighted by atomic mass is 10.3. The molecule has 0 aliphatic rings. The number of nitro benzene ring substituents is 1. The number of para-hydroxylation sites is 1. The highest BCUT2D eigenvalue weighted by atomic mass is 35.5. The largest absolute Gasteiger partial charge is 0.328 e. The number of anilines is 3. The van der Waals surface area contributed by atoms with Crippen molar-refractivity contribution >= 4 is 62.8 Å². The third-order valence-electron chi connectivity index (χ3n) is 3.28. The second kappa shape index (κ2) is 8.95. The Hall–Kier alpha value is -2.76. The molecule has 1 amide bonds. The van der Waals surface area contributed by atoms with Crippen LogP contribution in [0, 0.1) is 15.9 Å². The fraction of sp³-hybridized carbons (Fsp3) is 0.0625. The fourth-order valence-electron chi connectivity index (χ4n) is 2.05. The second-order valence-corrected chi connectivity index (χ2v) is 7.85. The second-order valence-electron chi connectivity index (χ2n) is 5.24. The number of nitro groups is 1. The van der Waals surface area contributed by atoms with Crippen molar-refractivity contribution < 1.29 is 14.1 Å². The number of hydrogen-bond acceptors (Lipinski definition) is 8. The Morgan fingerprint density at radius 3 is 2.82 bits per heavy atom. The average molecular weight is 440 g/mol. The molecule has 0 atom stereocenters. The van der Waals surface area contributed by atoms with Crippen molar-refractivity contribution in [1.29, 1.82) is 0 Å². The highest BCUT2D eigenvalue weighted by Gasteiger charge is 2.15. The standard InChI is InChI=1S/C16H11ClFN5O3S2/c17-10-6-5-9(7-13(10)23(25)26)19-14(24)8-27-16-22-21-15(28-16)20-12-4-2-1-3-11(12)18/h1-7H,8H2,(H,19,24)(H,20,21). The van der Waals surface area contributed by atoms with Crippen LogP contribution in [-0.2, 0) is 4.79 Å². The summed E-state index contributed by atoms with van der Waals surface area (Å²) in [6.45, 7) is 0. The molecule has 0 radical (unpaired) electrons. The van der Waals surface area contributed by atoms with E-state index in [-0.39, 0.29) is 33.7 Å². The zero-order valence-electron chi connectivity index (χ0n) is 13.9. The number of carbonyl (C=O) groups is 1. The molecule has 0 spiro atoms. The zero-order valence-corrected chi connectivity index (χ0v) is 16.3. The maximum Gasteiger partial charge on any atom is 0.289 e. The minimum atomic E-state index is -0.627. The van der Waals surface area contributed by atoms with Crippen molar-refractivity contribution in [1.82, 2.24) is 10.2 Å². The van der Waals surface area contributed by atoms with E-state index in [1.807, 2.05) is 0 Å². The van der Waals surface area contributed by atoms with E-state index in [0.29, 0.717) is 9.47 Å². The number of carbonyl (C=O) groups excluding carboxylic acids is 1. The molecular weight excluding hydrogens is 429 g/mol. The van der Waals surface area contributed by atoms with Crippen molar-refractivity contribution in [3.05, 3.63) is 63.4 Å². The number of aromatic nitrogens is 2. The number of benzene rings is 2. The number of amides is 1. The minimum Gasteiger partial charge on any atom is -0.328 e. The fourth-order valence-corrected chi connectivity index (χ4v) is 3.80. The van der Waals surface area contributed by atoms with Gasteiger partial charge >= 0.3 is 0 Å². The smallest absolute Gasteiger partial charge is 0.289 e. The topological polar surface area (TPSA) is 110 Å². The minimum absolute atomic E-state index is 0.0129. The van der Waals surface area contributed by atoms with Gasteiger partial charge in [0.2, 0.25) is 11.0 Å². The van der Waals surface area contributed by atoms with Crippen LogP contribution in [0.3, 0.4) is 0 Å². The van der Waals surface area contributed by atoms with Gasteiger partial charge in [-0.15, -0.1) is 10.2 Å². The highest BCUT2D eigenvalue weighted by molar-refractivity contribution is 8.01. The van der Waals surface area contributed by atoms with Crippen LogP contribution in [0.1, 0.15) is 0 Å². The van der Waals surface area contributed by atoms with Gasteiger partial charge in [0.05, 0.1) is 16.4 Å². The number of nitrogens with one attached hydrogen (secondary N) is 2. The lowest BCUT2D eigenvalue weighted by Crippen LogP contribution is -2.14. The summed E-state index contributed by atoms with van der Waals surface area (Å²) in [6, 6.07) is 10.2. The number of thioether (sulfide) groups is 1. The highest BCUT2D eigenvalue weighted by Crippen LogP contribution is 2.29. The molecule has 0 unspecified atom stereocenters. The van der Waals surface area contributed by atoms with Gasteiger partial charge in [-0.1, -0.05) is 46.8 Å². The normalized spacial score (nSPS) is 10.5. The Labute approximate surface area is 171 Å². The van der Waals surface area contributed by atoms with Gasteiger partial charge in [0.1, 0.15) is 10.8 Å². The van der Waals surface area contributed by atoms with Gasteiger partial charge in [-0.05, 0) is 24.3 Å². The third kappa shape index (κ3) is 5.15. The van der Waals surface area contributed by atoms with Crippen LogP contribution in [0.4, 0.5) is 26.6 Å².